The lowest BCUT2D eigenvalue weighted by Gasteiger charge is -2.07. The quantitative estimate of drug-likeness (QED) is 0.447. The molecule has 0 atom stereocenters. The maximum Gasteiger partial charge on any atom is 0.337 e. The van der Waals surface area contributed by atoms with Gasteiger partial charge in [0, 0.05) is 6.07 Å². The van der Waals surface area contributed by atoms with E-state index in [2.05, 4.69) is 4.74 Å². The van der Waals surface area contributed by atoms with Crippen LogP contribution in [-0.4, -0.2) is 18.9 Å². The zero-order valence-electron chi connectivity index (χ0n) is 16.7. The number of rotatable bonds is 5. The molecule has 0 saturated heterocycles. The molecule has 0 fully saturated rings. The highest BCUT2D eigenvalue weighted by Gasteiger charge is 2.27. The van der Waals surface area contributed by atoms with Crippen molar-refractivity contribution in [3.05, 3.63) is 100 Å². The summed E-state index contributed by atoms with van der Waals surface area (Å²) in [6.07, 6.45) is 1.65. The third kappa shape index (κ3) is 4.10. The number of esters is 1. The highest BCUT2D eigenvalue weighted by molar-refractivity contribution is 6.14. The summed E-state index contributed by atoms with van der Waals surface area (Å²) in [4.78, 5) is 24.2. The first-order valence-electron chi connectivity index (χ1n) is 9.48. The van der Waals surface area contributed by atoms with Crippen LogP contribution in [0.4, 0.5) is 0 Å². The third-order valence-electron chi connectivity index (χ3n) is 4.80. The van der Waals surface area contributed by atoms with Gasteiger partial charge < -0.3 is 14.2 Å². The Labute approximate surface area is 174 Å². The second kappa shape index (κ2) is 8.25. The van der Waals surface area contributed by atoms with E-state index in [0.29, 0.717) is 29.2 Å². The Kier molecular flexibility index (Phi) is 5.35. The van der Waals surface area contributed by atoms with Crippen LogP contribution in [0.3, 0.4) is 0 Å². The molecule has 5 nitrogen and oxygen atoms in total. The Morgan fingerprint density at radius 1 is 1.00 bits per heavy atom. The molecule has 4 rings (SSSR count). The molecule has 0 saturated carbocycles. The smallest absolute Gasteiger partial charge is 0.337 e. The maximum absolute atomic E-state index is 12.6. The number of allylic oxidation sites excluding steroid dienone is 1. The zero-order chi connectivity index (χ0) is 21.1. The molecule has 0 unspecified atom stereocenters. The summed E-state index contributed by atoms with van der Waals surface area (Å²) >= 11 is 0. The number of methoxy groups -OCH3 is 1. The molecule has 30 heavy (non-hydrogen) atoms. The summed E-state index contributed by atoms with van der Waals surface area (Å²) in [7, 11) is 1.33. The van der Waals surface area contributed by atoms with Crippen molar-refractivity contribution in [2.24, 2.45) is 0 Å². The molecule has 0 bridgehead atoms. The van der Waals surface area contributed by atoms with Gasteiger partial charge in [0.15, 0.2) is 5.76 Å². The highest BCUT2D eigenvalue weighted by atomic mass is 16.5. The highest BCUT2D eigenvalue weighted by Crippen LogP contribution is 2.35. The van der Waals surface area contributed by atoms with E-state index in [4.69, 9.17) is 9.47 Å². The minimum atomic E-state index is -0.409. The Morgan fingerprint density at radius 2 is 1.73 bits per heavy atom. The normalized spacial score (nSPS) is 13.7. The van der Waals surface area contributed by atoms with E-state index < -0.39 is 5.97 Å². The first kappa shape index (κ1) is 19.5. The fraction of sp³-hybridized carbons (Fsp3) is 0.120. The fourth-order valence-electron chi connectivity index (χ4n) is 3.09. The largest absolute Gasteiger partial charge is 0.489 e. The number of benzene rings is 3. The van der Waals surface area contributed by atoms with Crippen molar-refractivity contribution >= 4 is 17.8 Å². The lowest BCUT2D eigenvalue weighted by Crippen LogP contribution is -2.01. The number of ether oxygens (including phenoxy) is 3. The molecule has 1 aliphatic heterocycles. The van der Waals surface area contributed by atoms with Crippen LogP contribution in [0.1, 0.15) is 37.4 Å². The number of aryl methyl sites for hydroxylation is 1. The lowest BCUT2D eigenvalue weighted by molar-refractivity contribution is 0.0600. The first-order valence-corrected chi connectivity index (χ1v) is 9.48. The van der Waals surface area contributed by atoms with Crippen LogP contribution >= 0.6 is 0 Å². The van der Waals surface area contributed by atoms with Crippen LogP contribution in [0.15, 0.2) is 72.5 Å². The van der Waals surface area contributed by atoms with Gasteiger partial charge in [-0.25, -0.2) is 4.79 Å². The van der Waals surface area contributed by atoms with Crippen molar-refractivity contribution in [1.29, 1.82) is 0 Å². The van der Waals surface area contributed by atoms with E-state index in [-0.39, 0.29) is 11.5 Å². The first-order chi connectivity index (χ1) is 14.5. The fourth-order valence-corrected chi connectivity index (χ4v) is 3.09. The van der Waals surface area contributed by atoms with E-state index in [1.54, 1.807) is 48.5 Å². The second-order valence-electron chi connectivity index (χ2n) is 6.99. The number of hydrogen-bond donors (Lipinski definition) is 0. The van der Waals surface area contributed by atoms with E-state index >= 15 is 0 Å². The van der Waals surface area contributed by atoms with Crippen LogP contribution in [0.25, 0.3) is 6.08 Å². The minimum Gasteiger partial charge on any atom is -0.489 e. The second-order valence-corrected chi connectivity index (χ2v) is 6.99. The van der Waals surface area contributed by atoms with Crippen LogP contribution < -0.4 is 9.47 Å². The molecule has 0 radical (unpaired) electrons. The van der Waals surface area contributed by atoms with Crippen LogP contribution in [-0.2, 0) is 11.3 Å². The summed E-state index contributed by atoms with van der Waals surface area (Å²) in [6, 6.07) is 20.1. The average molecular weight is 400 g/mol. The predicted octanol–water partition coefficient (Wildman–Crippen LogP) is 4.98. The van der Waals surface area contributed by atoms with Gasteiger partial charge in [-0.1, -0.05) is 42.0 Å². The molecule has 3 aromatic carbocycles. The van der Waals surface area contributed by atoms with Gasteiger partial charge in [-0.15, -0.1) is 0 Å². The lowest BCUT2D eigenvalue weighted by atomic mass is 10.1. The summed E-state index contributed by atoms with van der Waals surface area (Å²) in [5.74, 6) is 0.733. The van der Waals surface area contributed by atoms with Gasteiger partial charge in [0.05, 0.1) is 18.2 Å². The van der Waals surface area contributed by atoms with E-state index in [1.165, 1.54) is 12.7 Å². The van der Waals surface area contributed by atoms with Crippen LogP contribution in [0.2, 0.25) is 0 Å². The van der Waals surface area contributed by atoms with E-state index in [9.17, 15) is 9.59 Å². The molecule has 0 N–H and O–H groups in total. The molecular formula is C25H20O5. The number of hydrogen-bond acceptors (Lipinski definition) is 5. The van der Waals surface area contributed by atoms with Gasteiger partial charge >= 0.3 is 5.97 Å². The van der Waals surface area contributed by atoms with Crippen molar-refractivity contribution in [2.75, 3.05) is 7.11 Å². The molecule has 1 aliphatic rings. The maximum atomic E-state index is 12.6. The minimum absolute atomic E-state index is 0.188. The predicted molar refractivity (Wildman–Crippen MR) is 113 cm³/mol. The standard InChI is InChI=1S/C25H20O5/c1-16-3-5-18(6-4-16)15-29-20-11-12-21-22(14-20)30-23(24(21)26)13-17-7-9-19(10-8-17)25(27)28-2/h3-14H,15H2,1-2H3. The van der Waals surface area contributed by atoms with Crippen molar-refractivity contribution in [3.8, 4) is 11.5 Å². The van der Waals surface area contributed by atoms with E-state index in [1.807, 2.05) is 31.2 Å². The van der Waals surface area contributed by atoms with Gasteiger partial charge in [-0.3, -0.25) is 4.79 Å². The molecule has 0 spiro atoms. The number of carbonyl (C=O) groups excluding carboxylic acids is 2. The summed E-state index contributed by atoms with van der Waals surface area (Å²) < 4.78 is 16.3. The number of fused-ring (bicyclic) bond motifs is 1. The Hall–Kier alpha value is -3.86. The number of carbonyl (C=O) groups is 2. The molecule has 5 heteroatoms. The third-order valence-corrected chi connectivity index (χ3v) is 4.80. The Morgan fingerprint density at radius 3 is 2.43 bits per heavy atom. The van der Waals surface area contributed by atoms with E-state index in [0.717, 1.165) is 11.1 Å². The van der Waals surface area contributed by atoms with Crippen molar-refractivity contribution in [1.82, 2.24) is 0 Å². The Balaban J connectivity index is 1.47. The topological polar surface area (TPSA) is 61.8 Å². The van der Waals surface area contributed by atoms with Crippen molar-refractivity contribution < 1.29 is 23.8 Å². The molecule has 0 amide bonds. The SMILES string of the molecule is COC(=O)c1ccc(C=C2Oc3cc(OCc4ccc(C)cc4)ccc3C2=O)cc1. The van der Waals surface area contributed by atoms with Gasteiger partial charge in [0.2, 0.25) is 5.78 Å². The van der Waals surface area contributed by atoms with Gasteiger partial charge in [-0.05, 0) is 48.4 Å². The average Bonchev–Trinajstić information content (AvgIpc) is 3.08. The monoisotopic (exact) mass is 400 g/mol. The van der Waals surface area contributed by atoms with Gasteiger partial charge in [0.25, 0.3) is 0 Å². The molecular weight excluding hydrogens is 380 g/mol. The molecule has 1 heterocycles. The summed E-state index contributed by atoms with van der Waals surface area (Å²) in [5, 5.41) is 0. The van der Waals surface area contributed by atoms with Crippen LogP contribution in [0.5, 0.6) is 11.5 Å². The molecule has 150 valence electrons. The van der Waals surface area contributed by atoms with Gasteiger partial charge in [0.1, 0.15) is 18.1 Å². The summed E-state index contributed by atoms with van der Waals surface area (Å²) in [5.41, 5.74) is 3.94. The summed E-state index contributed by atoms with van der Waals surface area (Å²) in [6.45, 7) is 2.47. The van der Waals surface area contributed by atoms with Gasteiger partial charge in [-0.2, -0.15) is 0 Å². The number of Topliss-reactive ketones (excluding diaryl/α,β-unsaturated/α-hetero) is 1. The Bertz CT molecular complexity index is 1130. The van der Waals surface area contributed by atoms with Crippen LogP contribution in [0, 0.1) is 6.92 Å². The molecule has 0 aromatic heterocycles. The number of ketones is 1. The van der Waals surface area contributed by atoms with Crippen molar-refractivity contribution in [2.45, 2.75) is 13.5 Å². The molecule has 3 aromatic rings. The zero-order valence-corrected chi connectivity index (χ0v) is 16.7. The molecule has 0 aliphatic carbocycles. The van der Waals surface area contributed by atoms with Crippen molar-refractivity contribution in [3.63, 3.8) is 0 Å².